The summed E-state index contributed by atoms with van der Waals surface area (Å²) in [5, 5.41) is 4.62. The van der Waals surface area contributed by atoms with Crippen LogP contribution < -0.4 is 0 Å². The first-order chi connectivity index (χ1) is 10.1. The van der Waals surface area contributed by atoms with Gasteiger partial charge >= 0.3 is 0 Å². The number of piperidine rings is 1. The van der Waals surface area contributed by atoms with Gasteiger partial charge in [-0.25, -0.2) is 4.98 Å². The second-order valence-corrected chi connectivity index (χ2v) is 6.18. The van der Waals surface area contributed by atoms with Crippen LogP contribution in [0.5, 0.6) is 0 Å². The number of hydrogen-bond donors (Lipinski definition) is 0. The third-order valence-corrected chi connectivity index (χ3v) is 4.50. The predicted octanol–water partition coefficient (Wildman–Crippen LogP) is 2.29. The summed E-state index contributed by atoms with van der Waals surface area (Å²) in [6.07, 6.45) is 7.77. The van der Waals surface area contributed by atoms with Gasteiger partial charge in [0.15, 0.2) is 0 Å². The molecule has 2 aromatic rings. The topological polar surface area (TPSA) is 38.9 Å². The molecule has 5 nitrogen and oxygen atoms in total. The van der Waals surface area contributed by atoms with E-state index in [0.717, 1.165) is 31.2 Å². The normalized spacial score (nSPS) is 20.0. The molecule has 0 spiro atoms. The van der Waals surface area contributed by atoms with Gasteiger partial charge in [0.2, 0.25) is 0 Å². The monoisotopic (exact) mass is 287 g/mol. The van der Waals surface area contributed by atoms with Gasteiger partial charge in [-0.05, 0) is 39.3 Å². The zero-order valence-corrected chi connectivity index (χ0v) is 13.3. The van der Waals surface area contributed by atoms with Gasteiger partial charge in [0.05, 0.1) is 18.8 Å². The lowest BCUT2D eigenvalue weighted by molar-refractivity contribution is 0.117. The largest absolute Gasteiger partial charge is 0.337 e. The zero-order valence-electron chi connectivity index (χ0n) is 13.3. The number of nitrogens with zero attached hydrogens (tertiary/aromatic N) is 5. The van der Waals surface area contributed by atoms with Crippen LogP contribution in [0.2, 0.25) is 0 Å². The van der Waals surface area contributed by atoms with Gasteiger partial charge in [0.25, 0.3) is 0 Å². The van der Waals surface area contributed by atoms with Crippen molar-refractivity contribution in [3.8, 4) is 0 Å². The molecule has 0 radical (unpaired) electrons. The Morgan fingerprint density at radius 1 is 1.29 bits per heavy atom. The van der Waals surface area contributed by atoms with Gasteiger partial charge in [-0.3, -0.25) is 9.58 Å². The lowest BCUT2D eigenvalue weighted by Gasteiger charge is -2.35. The van der Waals surface area contributed by atoms with Crippen LogP contribution in [-0.4, -0.2) is 36.8 Å². The molecule has 1 aliphatic heterocycles. The summed E-state index contributed by atoms with van der Waals surface area (Å²) in [4.78, 5) is 7.04. The van der Waals surface area contributed by atoms with Crippen LogP contribution in [0.25, 0.3) is 0 Å². The Hall–Kier alpha value is -1.62. The van der Waals surface area contributed by atoms with Crippen LogP contribution >= 0.6 is 0 Å². The van der Waals surface area contributed by atoms with Gasteiger partial charge in [-0.1, -0.05) is 6.42 Å². The predicted molar refractivity (Wildman–Crippen MR) is 83.0 cm³/mol. The second kappa shape index (κ2) is 6.02. The highest BCUT2D eigenvalue weighted by Crippen LogP contribution is 2.21. The maximum atomic E-state index is 4.62. The van der Waals surface area contributed by atoms with Gasteiger partial charge in [0.1, 0.15) is 5.82 Å². The molecule has 3 rings (SSSR count). The van der Waals surface area contributed by atoms with E-state index >= 15 is 0 Å². The molecule has 1 fully saturated rings. The van der Waals surface area contributed by atoms with Crippen molar-refractivity contribution in [3.63, 3.8) is 0 Å². The number of aromatic nitrogens is 4. The molecule has 0 amide bonds. The Labute approximate surface area is 126 Å². The number of imidazole rings is 1. The minimum atomic E-state index is 0.563. The third-order valence-electron chi connectivity index (χ3n) is 4.50. The molecule has 0 aromatic carbocycles. The molecule has 0 bridgehead atoms. The summed E-state index contributed by atoms with van der Waals surface area (Å²) in [7, 11) is 2.07. The Morgan fingerprint density at radius 2 is 2.14 bits per heavy atom. The van der Waals surface area contributed by atoms with E-state index < -0.39 is 0 Å². The lowest BCUT2D eigenvalue weighted by Crippen LogP contribution is -2.42. The van der Waals surface area contributed by atoms with Crippen LogP contribution in [-0.2, 0) is 20.1 Å². The van der Waals surface area contributed by atoms with Crippen molar-refractivity contribution in [2.45, 2.75) is 52.2 Å². The summed E-state index contributed by atoms with van der Waals surface area (Å²) >= 11 is 0. The van der Waals surface area contributed by atoms with E-state index in [9.17, 15) is 0 Å². The number of likely N-dealkylation sites (tertiary alicyclic amines) is 1. The second-order valence-electron chi connectivity index (χ2n) is 6.18. The van der Waals surface area contributed by atoms with Crippen LogP contribution in [0.3, 0.4) is 0 Å². The summed E-state index contributed by atoms with van der Waals surface area (Å²) in [6, 6.07) is 2.72. The lowest BCUT2D eigenvalue weighted by atomic mass is 10.0. The van der Waals surface area contributed by atoms with Crippen LogP contribution in [0.4, 0.5) is 0 Å². The van der Waals surface area contributed by atoms with Crippen molar-refractivity contribution in [2.75, 3.05) is 6.54 Å². The molecule has 114 valence electrons. The average Bonchev–Trinajstić information content (AvgIpc) is 2.99. The molecule has 2 aromatic heterocycles. The Morgan fingerprint density at radius 3 is 2.81 bits per heavy atom. The molecule has 0 saturated carbocycles. The first kappa shape index (κ1) is 14.3. The van der Waals surface area contributed by atoms with Crippen molar-refractivity contribution in [1.29, 1.82) is 0 Å². The van der Waals surface area contributed by atoms with Crippen molar-refractivity contribution < 1.29 is 0 Å². The van der Waals surface area contributed by atoms with Crippen molar-refractivity contribution in [1.82, 2.24) is 24.2 Å². The molecule has 21 heavy (non-hydrogen) atoms. The van der Waals surface area contributed by atoms with Crippen molar-refractivity contribution >= 4 is 0 Å². The molecular weight excluding hydrogens is 262 g/mol. The van der Waals surface area contributed by atoms with Crippen molar-refractivity contribution in [3.05, 3.63) is 35.7 Å². The number of rotatable bonds is 4. The molecule has 5 heteroatoms. The fourth-order valence-electron chi connectivity index (χ4n) is 3.26. The fourth-order valence-corrected chi connectivity index (χ4v) is 3.26. The van der Waals surface area contributed by atoms with E-state index in [1.807, 2.05) is 12.4 Å². The van der Waals surface area contributed by atoms with E-state index in [1.165, 1.54) is 25.0 Å². The molecular formula is C16H25N5. The van der Waals surface area contributed by atoms with E-state index in [0.29, 0.717) is 6.04 Å². The Kier molecular flexibility index (Phi) is 4.10. The molecule has 0 aliphatic carbocycles. The summed E-state index contributed by atoms with van der Waals surface area (Å²) in [6.45, 7) is 7.30. The maximum Gasteiger partial charge on any atom is 0.122 e. The summed E-state index contributed by atoms with van der Waals surface area (Å²) in [5.74, 6) is 1.15. The van der Waals surface area contributed by atoms with Gasteiger partial charge in [-0.15, -0.1) is 0 Å². The number of aryl methyl sites for hydroxylation is 3. The van der Waals surface area contributed by atoms with E-state index in [1.54, 1.807) is 0 Å². The highest BCUT2D eigenvalue weighted by Gasteiger charge is 2.24. The Bertz CT molecular complexity index is 598. The highest BCUT2D eigenvalue weighted by molar-refractivity contribution is 5.07. The first-order valence-electron chi connectivity index (χ1n) is 7.85. The highest BCUT2D eigenvalue weighted by atomic mass is 15.3. The summed E-state index contributed by atoms with van der Waals surface area (Å²) in [5.41, 5.74) is 2.37. The van der Waals surface area contributed by atoms with Crippen molar-refractivity contribution in [2.24, 2.45) is 7.05 Å². The maximum absolute atomic E-state index is 4.62. The van der Waals surface area contributed by atoms with Crippen LogP contribution in [0.15, 0.2) is 18.5 Å². The van der Waals surface area contributed by atoms with Gasteiger partial charge in [0, 0.05) is 31.2 Å². The smallest absolute Gasteiger partial charge is 0.122 e. The molecule has 1 aliphatic rings. The molecule has 1 saturated heterocycles. The Balaban J connectivity index is 1.72. The zero-order chi connectivity index (χ0) is 14.8. The van der Waals surface area contributed by atoms with E-state index in [2.05, 4.69) is 51.2 Å². The first-order valence-corrected chi connectivity index (χ1v) is 7.85. The SMILES string of the molecule is Cc1cc(C)n(C[C@@H]2CCCCN2Cc2nccn2C)n1. The van der Waals surface area contributed by atoms with E-state index in [4.69, 9.17) is 0 Å². The molecule has 0 unspecified atom stereocenters. The quantitative estimate of drug-likeness (QED) is 0.866. The molecule has 0 N–H and O–H groups in total. The van der Waals surface area contributed by atoms with Crippen LogP contribution in [0, 0.1) is 13.8 Å². The van der Waals surface area contributed by atoms with Gasteiger partial charge in [-0.2, -0.15) is 5.10 Å². The van der Waals surface area contributed by atoms with Crippen LogP contribution in [0.1, 0.15) is 36.5 Å². The standard InChI is InChI=1S/C16H25N5/c1-13-10-14(2)21(18-13)11-15-6-4-5-8-20(15)12-16-17-7-9-19(16)3/h7,9-10,15H,4-6,8,11-12H2,1-3H3/t15-/m0/s1. The third kappa shape index (κ3) is 3.18. The fraction of sp³-hybridized carbons (Fsp3) is 0.625. The molecule has 1 atom stereocenters. The minimum Gasteiger partial charge on any atom is -0.337 e. The van der Waals surface area contributed by atoms with Gasteiger partial charge < -0.3 is 4.57 Å². The average molecular weight is 287 g/mol. The minimum absolute atomic E-state index is 0.563. The number of hydrogen-bond acceptors (Lipinski definition) is 3. The van der Waals surface area contributed by atoms with E-state index in [-0.39, 0.29) is 0 Å². The molecule has 3 heterocycles. The summed E-state index contributed by atoms with van der Waals surface area (Å²) < 4.78 is 4.28.